The van der Waals surface area contributed by atoms with E-state index >= 15 is 0 Å². The van der Waals surface area contributed by atoms with Crippen LogP contribution in [0.25, 0.3) is 0 Å². The summed E-state index contributed by atoms with van der Waals surface area (Å²) in [6.07, 6.45) is 2.57. The van der Waals surface area contributed by atoms with Crippen molar-refractivity contribution in [1.29, 1.82) is 0 Å². The van der Waals surface area contributed by atoms with E-state index in [9.17, 15) is 0 Å². The third-order valence-electron chi connectivity index (χ3n) is 3.21. The van der Waals surface area contributed by atoms with E-state index in [1.54, 1.807) is 0 Å². The number of rotatable bonds is 3. The molecule has 17 heavy (non-hydrogen) atoms. The smallest absolute Gasteiger partial charge is 0.142 e. The monoisotopic (exact) mass is 234 g/mol. The highest BCUT2D eigenvalue weighted by Gasteiger charge is 2.16. The van der Waals surface area contributed by atoms with Crippen LogP contribution >= 0.6 is 0 Å². The van der Waals surface area contributed by atoms with Gasteiger partial charge in [-0.25, -0.2) is 0 Å². The van der Waals surface area contributed by atoms with E-state index in [1.165, 1.54) is 18.4 Å². The number of piperidine rings is 1. The van der Waals surface area contributed by atoms with E-state index in [0.717, 1.165) is 24.5 Å². The van der Waals surface area contributed by atoms with Gasteiger partial charge >= 0.3 is 0 Å². The van der Waals surface area contributed by atoms with Crippen molar-refractivity contribution in [3.63, 3.8) is 0 Å². The molecule has 3 nitrogen and oxygen atoms in total. The Kier molecular flexibility index (Phi) is 3.89. The molecule has 1 aliphatic rings. The summed E-state index contributed by atoms with van der Waals surface area (Å²) in [5, 5.41) is 3.39. The quantitative estimate of drug-likeness (QED) is 0.790. The van der Waals surface area contributed by atoms with Gasteiger partial charge in [0.05, 0.1) is 11.8 Å². The van der Waals surface area contributed by atoms with Gasteiger partial charge in [0.1, 0.15) is 5.75 Å². The second-order valence-electron chi connectivity index (χ2n) is 4.99. The number of ether oxygens (including phenoxy) is 1. The summed E-state index contributed by atoms with van der Waals surface area (Å²) in [5.74, 6) is 1.47. The lowest BCUT2D eigenvalue weighted by molar-refractivity contribution is 0.243. The van der Waals surface area contributed by atoms with Crippen LogP contribution in [-0.4, -0.2) is 19.2 Å². The normalized spacial score (nSPS) is 17.4. The van der Waals surface area contributed by atoms with Gasteiger partial charge in [-0.05, 0) is 63.4 Å². The predicted octanol–water partition coefficient (Wildman–Crippen LogP) is 2.52. The summed E-state index contributed by atoms with van der Waals surface area (Å²) in [6, 6.07) is 6.22. The molecule has 0 unspecified atom stereocenters. The molecule has 1 saturated heterocycles. The first-order valence-electron chi connectivity index (χ1n) is 6.43. The molecule has 0 bridgehead atoms. The highest BCUT2D eigenvalue weighted by atomic mass is 16.5. The Hall–Kier alpha value is -1.22. The van der Waals surface area contributed by atoms with Crippen LogP contribution in [0.4, 0.5) is 5.69 Å². The van der Waals surface area contributed by atoms with Crippen molar-refractivity contribution in [2.24, 2.45) is 0 Å². The van der Waals surface area contributed by atoms with Gasteiger partial charge in [-0.2, -0.15) is 0 Å². The molecule has 3 heteroatoms. The maximum Gasteiger partial charge on any atom is 0.142 e. The first-order chi connectivity index (χ1) is 8.16. The molecule has 1 heterocycles. The zero-order valence-electron chi connectivity index (χ0n) is 10.7. The molecule has 0 aliphatic carbocycles. The molecule has 0 spiro atoms. The maximum atomic E-state index is 5.93. The molecule has 3 N–H and O–H groups in total. The van der Waals surface area contributed by atoms with Gasteiger partial charge < -0.3 is 15.8 Å². The lowest BCUT2D eigenvalue weighted by atomic mass is 9.90. The van der Waals surface area contributed by atoms with Crippen molar-refractivity contribution in [2.45, 2.75) is 38.7 Å². The van der Waals surface area contributed by atoms with Crippen molar-refractivity contribution < 1.29 is 4.74 Å². The number of nitrogens with two attached hydrogens (primary N) is 1. The molecule has 0 aromatic heterocycles. The second kappa shape index (κ2) is 5.41. The molecule has 1 aromatic carbocycles. The fraction of sp³-hybridized carbons (Fsp3) is 0.571. The Morgan fingerprint density at radius 1 is 1.29 bits per heavy atom. The lowest BCUT2D eigenvalue weighted by Gasteiger charge is -2.24. The topological polar surface area (TPSA) is 47.3 Å². The Labute approximate surface area is 103 Å². The number of hydrogen-bond donors (Lipinski definition) is 2. The highest BCUT2D eigenvalue weighted by molar-refractivity contribution is 5.54. The fourth-order valence-corrected chi connectivity index (χ4v) is 2.32. The van der Waals surface area contributed by atoms with Gasteiger partial charge in [0.15, 0.2) is 0 Å². The van der Waals surface area contributed by atoms with Crippen LogP contribution in [0.3, 0.4) is 0 Å². The Bertz CT molecular complexity index is 370. The van der Waals surface area contributed by atoms with Crippen LogP contribution in [0.5, 0.6) is 5.75 Å². The number of hydrogen-bond acceptors (Lipinski definition) is 3. The summed E-state index contributed by atoms with van der Waals surface area (Å²) in [7, 11) is 0. The minimum Gasteiger partial charge on any atom is -0.489 e. The van der Waals surface area contributed by atoms with Crippen molar-refractivity contribution in [2.75, 3.05) is 18.8 Å². The van der Waals surface area contributed by atoms with Crippen LogP contribution in [0.15, 0.2) is 18.2 Å². The second-order valence-corrected chi connectivity index (χ2v) is 4.99. The SMILES string of the molecule is CC(C)Oc1cc(C2CCNCC2)ccc1N. The highest BCUT2D eigenvalue weighted by Crippen LogP contribution is 2.31. The van der Waals surface area contributed by atoms with Crippen molar-refractivity contribution in [1.82, 2.24) is 5.32 Å². The number of anilines is 1. The molecule has 0 radical (unpaired) electrons. The van der Waals surface area contributed by atoms with Crippen LogP contribution in [0.2, 0.25) is 0 Å². The molecule has 2 rings (SSSR count). The third-order valence-corrected chi connectivity index (χ3v) is 3.21. The number of benzene rings is 1. The Morgan fingerprint density at radius 2 is 2.00 bits per heavy atom. The van der Waals surface area contributed by atoms with E-state index in [-0.39, 0.29) is 6.10 Å². The van der Waals surface area contributed by atoms with Crippen LogP contribution in [0.1, 0.15) is 38.2 Å². The van der Waals surface area contributed by atoms with Gasteiger partial charge in [-0.1, -0.05) is 6.07 Å². The molecule has 0 atom stereocenters. The van der Waals surface area contributed by atoms with Crippen molar-refractivity contribution in [3.8, 4) is 5.75 Å². The molecule has 1 aromatic rings. The van der Waals surface area contributed by atoms with Gasteiger partial charge in [-0.3, -0.25) is 0 Å². The summed E-state index contributed by atoms with van der Waals surface area (Å²) >= 11 is 0. The summed E-state index contributed by atoms with van der Waals surface area (Å²) < 4.78 is 5.74. The lowest BCUT2D eigenvalue weighted by Crippen LogP contribution is -2.26. The van der Waals surface area contributed by atoms with Crippen molar-refractivity contribution >= 4 is 5.69 Å². The molecule has 94 valence electrons. The van der Waals surface area contributed by atoms with Crippen molar-refractivity contribution in [3.05, 3.63) is 23.8 Å². The van der Waals surface area contributed by atoms with E-state index in [0.29, 0.717) is 5.92 Å². The average Bonchev–Trinajstić information content (AvgIpc) is 2.32. The van der Waals surface area contributed by atoms with Crippen LogP contribution in [-0.2, 0) is 0 Å². The first-order valence-corrected chi connectivity index (χ1v) is 6.43. The molecule has 0 saturated carbocycles. The summed E-state index contributed by atoms with van der Waals surface area (Å²) in [5.41, 5.74) is 8.02. The molecular weight excluding hydrogens is 212 g/mol. The standard InChI is InChI=1S/C14H22N2O/c1-10(2)17-14-9-12(3-4-13(14)15)11-5-7-16-8-6-11/h3-4,9-11,16H,5-8,15H2,1-2H3. The summed E-state index contributed by atoms with van der Waals surface area (Å²) in [6.45, 7) is 6.26. The minimum absolute atomic E-state index is 0.167. The molecule has 1 fully saturated rings. The largest absolute Gasteiger partial charge is 0.489 e. The van der Waals surface area contributed by atoms with E-state index in [2.05, 4.69) is 17.4 Å². The van der Waals surface area contributed by atoms with Crippen LogP contribution < -0.4 is 15.8 Å². The minimum atomic E-state index is 0.167. The zero-order valence-corrected chi connectivity index (χ0v) is 10.7. The third kappa shape index (κ3) is 3.13. The van der Waals surface area contributed by atoms with Gasteiger partial charge in [0, 0.05) is 0 Å². The summed E-state index contributed by atoms with van der Waals surface area (Å²) in [4.78, 5) is 0. The number of nitrogens with one attached hydrogen (secondary N) is 1. The van der Waals surface area contributed by atoms with E-state index < -0.39 is 0 Å². The van der Waals surface area contributed by atoms with E-state index in [1.807, 2.05) is 19.9 Å². The van der Waals surface area contributed by atoms with Crippen LogP contribution in [0, 0.1) is 0 Å². The molecule has 0 amide bonds. The maximum absolute atomic E-state index is 5.93. The fourth-order valence-electron chi connectivity index (χ4n) is 2.32. The number of nitrogen functional groups attached to an aromatic ring is 1. The Balaban J connectivity index is 2.17. The van der Waals surface area contributed by atoms with Gasteiger partial charge in [0.2, 0.25) is 0 Å². The molecular formula is C14H22N2O. The average molecular weight is 234 g/mol. The Morgan fingerprint density at radius 3 is 2.65 bits per heavy atom. The van der Waals surface area contributed by atoms with Gasteiger partial charge in [0.25, 0.3) is 0 Å². The predicted molar refractivity (Wildman–Crippen MR) is 71.5 cm³/mol. The first kappa shape index (κ1) is 12.2. The zero-order chi connectivity index (χ0) is 12.3. The van der Waals surface area contributed by atoms with Gasteiger partial charge in [-0.15, -0.1) is 0 Å². The molecule has 1 aliphatic heterocycles. The van der Waals surface area contributed by atoms with E-state index in [4.69, 9.17) is 10.5 Å².